The normalized spacial score (nSPS) is 21.9. The third kappa shape index (κ3) is 3.83. The number of aromatic nitrogens is 1. The number of aliphatic carboxylic acids is 1. The molecule has 1 aliphatic rings. The lowest BCUT2D eigenvalue weighted by Crippen LogP contribution is -2.50. The highest BCUT2D eigenvalue weighted by molar-refractivity contribution is 6.03. The van der Waals surface area contributed by atoms with E-state index in [0.29, 0.717) is 17.5 Å². The van der Waals surface area contributed by atoms with Gasteiger partial charge in [-0.05, 0) is 43.5 Å². The maximum absolute atomic E-state index is 13.3. The molecule has 1 aliphatic carbocycles. The number of carbonyl (C=O) groups is 2. The molecule has 7 heteroatoms. The second-order valence-corrected chi connectivity index (χ2v) is 6.82. The van der Waals surface area contributed by atoms with Crippen LogP contribution in [0.1, 0.15) is 36.8 Å². The zero-order chi connectivity index (χ0) is 20.1. The Balaban J connectivity index is 1.93. The fourth-order valence-electron chi connectivity index (χ4n) is 3.46. The molecule has 0 bridgehead atoms. The Bertz CT molecular complexity index is 926. The van der Waals surface area contributed by atoms with Gasteiger partial charge in [0, 0.05) is 23.9 Å². The molecule has 1 aromatic carbocycles. The number of allylic oxidation sites excluding steroid dienone is 2. The number of benzene rings is 1. The van der Waals surface area contributed by atoms with Crippen molar-refractivity contribution < 1.29 is 19.1 Å². The first-order valence-electron chi connectivity index (χ1n) is 8.81. The van der Waals surface area contributed by atoms with E-state index in [1.54, 1.807) is 30.6 Å². The number of amides is 1. The van der Waals surface area contributed by atoms with Gasteiger partial charge in [0.25, 0.3) is 5.91 Å². The molecular weight excluding hydrogens is 361 g/mol. The van der Waals surface area contributed by atoms with Crippen LogP contribution in [0.4, 0.5) is 4.39 Å². The molecule has 0 aliphatic heterocycles. The summed E-state index contributed by atoms with van der Waals surface area (Å²) >= 11 is 0. The van der Waals surface area contributed by atoms with Gasteiger partial charge in [-0.2, -0.15) is 5.10 Å². The monoisotopic (exact) mass is 381 g/mol. The van der Waals surface area contributed by atoms with Crippen LogP contribution in [-0.2, 0) is 9.59 Å². The van der Waals surface area contributed by atoms with Gasteiger partial charge in [-0.1, -0.05) is 29.8 Å². The zero-order valence-electron chi connectivity index (χ0n) is 15.3. The number of hydrazone groups is 1. The van der Waals surface area contributed by atoms with Gasteiger partial charge in [0.15, 0.2) is 5.41 Å². The molecule has 0 saturated carbocycles. The summed E-state index contributed by atoms with van der Waals surface area (Å²) in [4.78, 5) is 29.2. The van der Waals surface area contributed by atoms with E-state index in [4.69, 9.17) is 0 Å². The van der Waals surface area contributed by atoms with Gasteiger partial charge in [0.2, 0.25) is 0 Å². The summed E-state index contributed by atoms with van der Waals surface area (Å²) in [6.45, 7) is 1.89. The molecule has 0 spiro atoms. The van der Waals surface area contributed by atoms with E-state index < -0.39 is 29.0 Å². The lowest BCUT2D eigenvalue weighted by Gasteiger charge is -2.38. The molecule has 2 unspecified atom stereocenters. The van der Waals surface area contributed by atoms with Crippen LogP contribution >= 0.6 is 0 Å². The topological polar surface area (TPSA) is 91.6 Å². The third-order valence-corrected chi connectivity index (χ3v) is 5.02. The number of nitrogens with zero attached hydrogens (tertiary/aromatic N) is 2. The molecule has 2 N–H and O–H groups in total. The van der Waals surface area contributed by atoms with Gasteiger partial charge < -0.3 is 5.11 Å². The van der Waals surface area contributed by atoms with Crippen molar-refractivity contribution in [3.63, 3.8) is 0 Å². The van der Waals surface area contributed by atoms with Gasteiger partial charge in [-0.15, -0.1) is 0 Å². The number of halogens is 1. The Morgan fingerprint density at radius 2 is 2.07 bits per heavy atom. The Morgan fingerprint density at radius 1 is 1.32 bits per heavy atom. The number of nitrogens with one attached hydrogen (secondary N) is 1. The summed E-state index contributed by atoms with van der Waals surface area (Å²) in [6.07, 6.45) is 6.76. The summed E-state index contributed by atoms with van der Waals surface area (Å²) < 4.78 is 13.3. The van der Waals surface area contributed by atoms with Crippen molar-refractivity contribution in [3.8, 4) is 0 Å². The second-order valence-electron chi connectivity index (χ2n) is 6.82. The highest BCUT2D eigenvalue weighted by Crippen LogP contribution is 2.47. The van der Waals surface area contributed by atoms with E-state index in [9.17, 15) is 19.1 Å². The molecule has 6 nitrogen and oxygen atoms in total. The SMILES string of the molecule is CC1=CCC(C(=O)O)(C(=O)N/N=C/c2cccnc2)C(c2ccc(F)cc2)C1. The molecule has 0 saturated heterocycles. The van der Waals surface area contributed by atoms with E-state index in [2.05, 4.69) is 15.5 Å². The van der Waals surface area contributed by atoms with Gasteiger partial charge in [0.05, 0.1) is 6.21 Å². The minimum Gasteiger partial charge on any atom is -0.480 e. The number of hydrogen-bond donors (Lipinski definition) is 2. The van der Waals surface area contributed by atoms with Crippen molar-refractivity contribution in [1.29, 1.82) is 0 Å². The predicted molar refractivity (Wildman–Crippen MR) is 102 cm³/mol. The van der Waals surface area contributed by atoms with Crippen molar-refractivity contribution >= 4 is 18.1 Å². The minimum absolute atomic E-state index is 0.0322. The van der Waals surface area contributed by atoms with Crippen molar-refractivity contribution in [2.24, 2.45) is 10.5 Å². The highest BCUT2D eigenvalue weighted by Gasteiger charge is 2.53. The van der Waals surface area contributed by atoms with Gasteiger partial charge in [-0.25, -0.2) is 9.82 Å². The molecular formula is C21H20FN3O3. The maximum Gasteiger partial charge on any atom is 0.320 e. The minimum atomic E-state index is -1.73. The summed E-state index contributed by atoms with van der Waals surface area (Å²) in [6, 6.07) is 9.08. The summed E-state index contributed by atoms with van der Waals surface area (Å²) in [5.41, 5.74) is 2.89. The number of rotatable bonds is 5. The standard InChI is InChI=1S/C21H20FN3O3/c1-14-8-9-21(20(27)28,18(11-14)16-4-6-17(22)7-5-16)19(26)25-24-13-15-3-2-10-23-12-15/h2-8,10,12-13,18H,9,11H2,1H3,(H,25,26)(H,27,28)/b24-13+. The molecule has 28 heavy (non-hydrogen) atoms. The molecule has 0 radical (unpaired) electrons. The van der Waals surface area contributed by atoms with Crippen LogP contribution < -0.4 is 5.43 Å². The molecule has 2 aromatic rings. The zero-order valence-corrected chi connectivity index (χ0v) is 15.3. The third-order valence-electron chi connectivity index (χ3n) is 5.02. The molecule has 1 heterocycles. The van der Waals surface area contributed by atoms with Crippen molar-refractivity contribution in [3.05, 3.63) is 77.4 Å². The smallest absolute Gasteiger partial charge is 0.320 e. The summed E-state index contributed by atoms with van der Waals surface area (Å²) in [7, 11) is 0. The molecule has 144 valence electrons. The first-order valence-corrected chi connectivity index (χ1v) is 8.81. The highest BCUT2D eigenvalue weighted by atomic mass is 19.1. The van der Waals surface area contributed by atoms with Crippen molar-refractivity contribution in [2.45, 2.75) is 25.7 Å². The lowest BCUT2D eigenvalue weighted by atomic mass is 9.64. The fourth-order valence-corrected chi connectivity index (χ4v) is 3.46. The Morgan fingerprint density at radius 3 is 2.71 bits per heavy atom. The van der Waals surface area contributed by atoms with Gasteiger partial charge in [-0.3, -0.25) is 14.6 Å². The first kappa shape index (κ1) is 19.4. The molecule has 2 atom stereocenters. The van der Waals surface area contributed by atoms with E-state index in [1.165, 1.54) is 30.5 Å². The largest absolute Gasteiger partial charge is 0.480 e. The van der Waals surface area contributed by atoms with Gasteiger partial charge >= 0.3 is 5.97 Å². The Labute approximate surface area is 161 Å². The second kappa shape index (κ2) is 8.12. The maximum atomic E-state index is 13.3. The number of pyridine rings is 1. The number of carboxylic acids is 1. The summed E-state index contributed by atoms with van der Waals surface area (Å²) in [5, 5.41) is 13.9. The van der Waals surface area contributed by atoms with Crippen molar-refractivity contribution in [2.75, 3.05) is 0 Å². The predicted octanol–water partition coefficient (Wildman–Crippen LogP) is 3.27. The van der Waals surface area contributed by atoms with Crippen LogP contribution in [0.5, 0.6) is 0 Å². The van der Waals surface area contributed by atoms with E-state index in [0.717, 1.165) is 5.57 Å². The van der Waals surface area contributed by atoms with Crippen LogP contribution in [0.2, 0.25) is 0 Å². The molecule has 1 amide bonds. The molecule has 0 fully saturated rings. The van der Waals surface area contributed by atoms with E-state index in [-0.39, 0.29) is 6.42 Å². The number of carboxylic acid groups (broad SMARTS) is 1. The average Bonchev–Trinajstić information content (AvgIpc) is 2.69. The fraction of sp³-hybridized carbons (Fsp3) is 0.238. The van der Waals surface area contributed by atoms with Gasteiger partial charge in [0.1, 0.15) is 5.82 Å². The summed E-state index contributed by atoms with van der Waals surface area (Å²) in [5.74, 6) is -3.00. The molecule has 1 aromatic heterocycles. The van der Waals surface area contributed by atoms with Crippen LogP contribution in [0.3, 0.4) is 0 Å². The van der Waals surface area contributed by atoms with Crippen molar-refractivity contribution in [1.82, 2.24) is 10.4 Å². The lowest BCUT2D eigenvalue weighted by molar-refractivity contribution is -0.158. The first-order chi connectivity index (χ1) is 13.4. The number of hydrogen-bond acceptors (Lipinski definition) is 4. The van der Waals surface area contributed by atoms with Crippen LogP contribution in [0, 0.1) is 11.2 Å². The van der Waals surface area contributed by atoms with Crippen LogP contribution in [0.25, 0.3) is 0 Å². The Hall–Kier alpha value is -3.35. The van der Waals surface area contributed by atoms with E-state index in [1.807, 2.05) is 6.92 Å². The van der Waals surface area contributed by atoms with Crippen LogP contribution in [0.15, 0.2) is 65.5 Å². The number of carbonyl (C=O) groups excluding carboxylic acids is 1. The Kier molecular flexibility index (Phi) is 5.63. The molecule has 3 rings (SSSR count). The van der Waals surface area contributed by atoms with Crippen LogP contribution in [-0.4, -0.2) is 28.2 Å². The van der Waals surface area contributed by atoms with E-state index >= 15 is 0 Å². The quantitative estimate of drug-likeness (QED) is 0.360. The average molecular weight is 381 g/mol.